The first-order valence-electron chi connectivity index (χ1n) is 8.06. The van der Waals surface area contributed by atoms with Gasteiger partial charge in [0.2, 0.25) is 11.6 Å². The van der Waals surface area contributed by atoms with Gasteiger partial charge in [0.25, 0.3) is 0 Å². The predicted molar refractivity (Wildman–Crippen MR) is 94.1 cm³/mol. The number of benzene rings is 2. The van der Waals surface area contributed by atoms with Crippen molar-refractivity contribution in [2.24, 2.45) is 0 Å². The molecule has 0 unspecified atom stereocenters. The van der Waals surface area contributed by atoms with Gasteiger partial charge in [-0.05, 0) is 38.0 Å². The fourth-order valence-electron chi connectivity index (χ4n) is 2.59. The lowest BCUT2D eigenvalue weighted by Crippen LogP contribution is -2.25. The Morgan fingerprint density at radius 3 is 2.39 bits per heavy atom. The van der Waals surface area contributed by atoms with Crippen LogP contribution in [0.25, 0.3) is 0 Å². The molecule has 0 atom stereocenters. The fraction of sp³-hybridized carbons (Fsp3) is 0.300. The van der Waals surface area contributed by atoms with Gasteiger partial charge in [-0.2, -0.15) is 0 Å². The number of carbonyl (C=O) groups excluding carboxylic acids is 2. The highest BCUT2D eigenvalue weighted by Crippen LogP contribution is 2.16. The third-order valence-corrected chi connectivity index (χ3v) is 3.87. The standard InChI is InChI=1S/C20H23NO2/c1-3-21(18-12-7-9-16(2)15-18)14-8-13-19(22)20(23)17-10-5-4-6-11-17/h4-7,9-12,15H,3,8,13-14H2,1-2H3. The smallest absolute Gasteiger partial charge is 0.228 e. The molecule has 3 heteroatoms. The Balaban J connectivity index is 1.88. The van der Waals surface area contributed by atoms with E-state index in [1.54, 1.807) is 24.3 Å². The molecular weight excluding hydrogens is 286 g/mol. The summed E-state index contributed by atoms with van der Waals surface area (Å²) in [7, 11) is 0. The molecule has 3 nitrogen and oxygen atoms in total. The molecule has 0 bridgehead atoms. The zero-order valence-electron chi connectivity index (χ0n) is 13.8. The van der Waals surface area contributed by atoms with Gasteiger partial charge >= 0.3 is 0 Å². The number of anilines is 1. The Bertz CT molecular complexity index is 664. The van der Waals surface area contributed by atoms with E-state index in [4.69, 9.17) is 0 Å². The van der Waals surface area contributed by atoms with Crippen LogP contribution in [0.4, 0.5) is 5.69 Å². The van der Waals surface area contributed by atoms with Crippen molar-refractivity contribution in [3.8, 4) is 0 Å². The summed E-state index contributed by atoms with van der Waals surface area (Å²) >= 11 is 0. The molecule has 2 aromatic rings. The van der Waals surface area contributed by atoms with E-state index in [0.29, 0.717) is 12.0 Å². The van der Waals surface area contributed by atoms with E-state index in [9.17, 15) is 9.59 Å². The number of nitrogens with zero attached hydrogens (tertiary/aromatic N) is 1. The molecule has 0 N–H and O–H groups in total. The van der Waals surface area contributed by atoms with Gasteiger partial charge in [-0.25, -0.2) is 0 Å². The number of hydrogen-bond acceptors (Lipinski definition) is 3. The molecular formula is C20H23NO2. The largest absolute Gasteiger partial charge is 0.372 e. The Hall–Kier alpha value is -2.42. The minimum absolute atomic E-state index is 0.288. The number of carbonyl (C=O) groups is 2. The zero-order valence-corrected chi connectivity index (χ0v) is 13.8. The van der Waals surface area contributed by atoms with Gasteiger partial charge in [0.1, 0.15) is 0 Å². The van der Waals surface area contributed by atoms with Gasteiger partial charge in [-0.15, -0.1) is 0 Å². The normalized spacial score (nSPS) is 10.3. The molecule has 0 fully saturated rings. The lowest BCUT2D eigenvalue weighted by Gasteiger charge is -2.23. The molecule has 2 rings (SSSR count). The van der Waals surface area contributed by atoms with E-state index < -0.39 is 0 Å². The van der Waals surface area contributed by atoms with Gasteiger partial charge in [-0.3, -0.25) is 9.59 Å². The number of aryl methyl sites for hydroxylation is 1. The lowest BCUT2D eigenvalue weighted by atomic mass is 10.0. The first kappa shape index (κ1) is 16.9. The maximum atomic E-state index is 12.0. The summed E-state index contributed by atoms with van der Waals surface area (Å²) in [6.07, 6.45) is 0.967. The summed E-state index contributed by atoms with van der Waals surface area (Å²) in [5.74, 6) is -0.694. The maximum Gasteiger partial charge on any atom is 0.228 e. The summed E-state index contributed by atoms with van der Waals surface area (Å²) in [5.41, 5.74) is 2.86. The number of hydrogen-bond donors (Lipinski definition) is 0. The Kier molecular flexibility index (Phi) is 6.10. The second kappa shape index (κ2) is 8.28. The molecule has 2 aromatic carbocycles. The van der Waals surface area contributed by atoms with Crippen LogP contribution in [-0.4, -0.2) is 24.7 Å². The topological polar surface area (TPSA) is 37.4 Å². The van der Waals surface area contributed by atoms with Crippen molar-refractivity contribution in [1.29, 1.82) is 0 Å². The molecule has 0 spiro atoms. The van der Waals surface area contributed by atoms with Gasteiger partial charge < -0.3 is 4.90 Å². The summed E-state index contributed by atoms with van der Waals surface area (Å²) < 4.78 is 0. The zero-order chi connectivity index (χ0) is 16.7. The van der Waals surface area contributed by atoms with Crippen LogP contribution in [0.15, 0.2) is 54.6 Å². The van der Waals surface area contributed by atoms with E-state index in [1.165, 1.54) is 5.56 Å². The van der Waals surface area contributed by atoms with Crippen LogP contribution in [0.2, 0.25) is 0 Å². The molecule has 0 aliphatic rings. The number of rotatable bonds is 8. The van der Waals surface area contributed by atoms with E-state index in [1.807, 2.05) is 12.1 Å². The third-order valence-electron chi connectivity index (χ3n) is 3.87. The van der Waals surface area contributed by atoms with Crippen molar-refractivity contribution >= 4 is 17.3 Å². The van der Waals surface area contributed by atoms with Crippen LogP contribution in [0.1, 0.15) is 35.7 Å². The van der Waals surface area contributed by atoms with E-state index in [0.717, 1.165) is 18.8 Å². The monoisotopic (exact) mass is 309 g/mol. The highest BCUT2D eigenvalue weighted by atomic mass is 16.2. The molecule has 0 radical (unpaired) electrons. The first-order valence-corrected chi connectivity index (χ1v) is 8.06. The van der Waals surface area contributed by atoms with Crippen LogP contribution in [0.5, 0.6) is 0 Å². The average Bonchev–Trinajstić information content (AvgIpc) is 2.58. The van der Waals surface area contributed by atoms with Gasteiger partial charge in [0, 0.05) is 30.8 Å². The van der Waals surface area contributed by atoms with Crippen molar-refractivity contribution in [3.63, 3.8) is 0 Å². The molecule has 120 valence electrons. The minimum Gasteiger partial charge on any atom is -0.372 e. The van der Waals surface area contributed by atoms with Crippen LogP contribution in [0, 0.1) is 6.92 Å². The van der Waals surface area contributed by atoms with Crippen molar-refractivity contribution < 1.29 is 9.59 Å². The van der Waals surface area contributed by atoms with E-state index >= 15 is 0 Å². The fourth-order valence-corrected chi connectivity index (χ4v) is 2.59. The molecule has 0 saturated heterocycles. The average molecular weight is 309 g/mol. The molecule has 0 saturated carbocycles. The van der Waals surface area contributed by atoms with Crippen molar-refractivity contribution in [1.82, 2.24) is 0 Å². The molecule has 0 aliphatic carbocycles. The van der Waals surface area contributed by atoms with Crippen molar-refractivity contribution in [2.45, 2.75) is 26.7 Å². The summed E-state index contributed by atoms with van der Waals surface area (Å²) in [6, 6.07) is 17.1. The molecule has 0 heterocycles. The summed E-state index contributed by atoms with van der Waals surface area (Å²) in [4.78, 5) is 26.3. The Morgan fingerprint density at radius 1 is 1.00 bits per heavy atom. The summed E-state index contributed by atoms with van der Waals surface area (Å²) in [6.45, 7) is 5.82. The SMILES string of the molecule is CCN(CCCC(=O)C(=O)c1ccccc1)c1cccc(C)c1. The second-order valence-corrected chi connectivity index (χ2v) is 5.64. The van der Waals surface area contributed by atoms with Crippen LogP contribution >= 0.6 is 0 Å². The summed E-state index contributed by atoms with van der Waals surface area (Å²) in [5, 5.41) is 0. The second-order valence-electron chi connectivity index (χ2n) is 5.64. The maximum absolute atomic E-state index is 12.0. The Labute approximate surface area is 137 Å². The van der Waals surface area contributed by atoms with Crippen LogP contribution in [0.3, 0.4) is 0 Å². The first-order chi connectivity index (χ1) is 11.1. The Morgan fingerprint density at radius 2 is 1.74 bits per heavy atom. The van der Waals surface area contributed by atoms with Crippen molar-refractivity contribution in [2.75, 3.05) is 18.0 Å². The molecule has 0 aliphatic heterocycles. The quantitative estimate of drug-likeness (QED) is 0.545. The number of Topliss-reactive ketones (excluding diaryl/α,β-unsaturated/α-hetero) is 2. The van der Waals surface area contributed by atoms with E-state index in [2.05, 4.69) is 36.9 Å². The molecule has 0 amide bonds. The van der Waals surface area contributed by atoms with Gasteiger partial charge in [-0.1, -0.05) is 42.5 Å². The third kappa shape index (κ3) is 4.78. The number of ketones is 2. The highest BCUT2D eigenvalue weighted by Gasteiger charge is 2.15. The van der Waals surface area contributed by atoms with Gasteiger partial charge in [0.15, 0.2) is 0 Å². The highest BCUT2D eigenvalue weighted by molar-refractivity contribution is 6.43. The predicted octanol–water partition coefficient (Wildman–Crippen LogP) is 4.05. The molecule has 23 heavy (non-hydrogen) atoms. The van der Waals surface area contributed by atoms with Crippen LogP contribution < -0.4 is 4.90 Å². The molecule has 0 aromatic heterocycles. The van der Waals surface area contributed by atoms with Crippen LogP contribution in [-0.2, 0) is 4.79 Å². The minimum atomic E-state index is -0.385. The lowest BCUT2D eigenvalue weighted by molar-refractivity contribution is -0.115. The van der Waals surface area contributed by atoms with E-state index in [-0.39, 0.29) is 18.0 Å². The van der Waals surface area contributed by atoms with Gasteiger partial charge in [0.05, 0.1) is 0 Å². The van der Waals surface area contributed by atoms with Crippen molar-refractivity contribution in [3.05, 3.63) is 65.7 Å².